The number of hydrogen-bond donors (Lipinski definition) is 0. The number of rotatable bonds is 4. The van der Waals surface area contributed by atoms with Crippen LogP contribution >= 0.6 is 0 Å². The summed E-state index contributed by atoms with van der Waals surface area (Å²) in [7, 11) is 0. The molecule has 1 aromatic carbocycles. The molecule has 0 spiro atoms. The average Bonchev–Trinajstić information content (AvgIpc) is 3.07. The number of carbonyl (C=O) groups is 1. The summed E-state index contributed by atoms with van der Waals surface area (Å²) in [5, 5.41) is 0. The zero-order valence-electron chi connectivity index (χ0n) is 16.2. The van der Waals surface area contributed by atoms with E-state index in [4.69, 9.17) is 9.72 Å². The van der Waals surface area contributed by atoms with Gasteiger partial charge in [0.25, 0.3) is 5.91 Å². The van der Waals surface area contributed by atoms with Gasteiger partial charge in [0.05, 0.1) is 18.9 Å². The van der Waals surface area contributed by atoms with Gasteiger partial charge in [-0.1, -0.05) is 44.2 Å². The second-order valence-corrected chi connectivity index (χ2v) is 7.78. The number of nitrogens with zero attached hydrogens (tertiary/aromatic N) is 4. The molecule has 0 saturated carbocycles. The summed E-state index contributed by atoms with van der Waals surface area (Å²) >= 11 is 0. The molecule has 3 heterocycles. The average molecular weight is 368 g/mol. The molecule has 1 aromatic heterocycles. The minimum Gasteiger partial charge on any atom is -0.378 e. The Hall–Kier alpha value is -2.18. The van der Waals surface area contributed by atoms with Crippen molar-refractivity contribution in [1.29, 1.82) is 0 Å². The second kappa shape index (κ2) is 7.82. The molecule has 0 unspecified atom stereocenters. The zero-order valence-corrected chi connectivity index (χ0v) is 16.2. The Morgan fingerprint density at radius 1 is 1.11 bits per heavy atom. The first kappa shape index (κ1) is 18.2. The normalized spacial score (nSPS) is 18.0. The predicted molar refractivity (Wildman–Crippen MR) is 105 cm³/mol. The van der Waals surface area contributed by atoms with Gasteiger partial charge in [-0.3, -0.25) is 9.69 Å². The van der Waals surface area contributed by atoms with E-state index in [0.717, 1.165) is 43.3 Å². The van der Waals surface area contributed by atoms with Crippen LogP contribution in [0.25, 0.3) is 11.4 Å². The standard InChI is InChI=1S/C21H28N4O2/c1-16(2)14-23-8-9-25-18(15-23)19(21(26)24-10-12-27-13-11-24)22-20(25)17-6-4-3-5-7-17/h3-7,16H,8-15H2,1-2H3. The topological polar surface area (TPSA) is 50.6 Å². The Kier molecular flexibility index (Phi) is 5.27. The highest BCUT2D eigenvalue weighted by Gasteiger charge is 2.30. The summed E-state index contributed by atoms with van der Waals surface area (Å²) in [5.41, 5.74) is 2.73. The molecular formula is C21H28N4O2. The van der Waals surface area contributed by atoms with Gasteiger partial charge in [0.1, 0.15) is 5.82 Å². The van der Waals surface area contributed by atoms with E-state index in [2.05, 4.69) is 35.4 Å². The fourth-order valence-electron chi connectivity index (χ4n) is 3.99. The fourth-order valence-corrected chi connectivity index (χ4v) is 3.99. The first-order chi connectivity index (χ1) is 13.1. The van der Waals surface area contributed by atoms with E-state index in [-0.39, 0.29) is 5.91 Å². The second-order valence-electron chi connectivity index (χ2n) is 7.78. The van der Waals surface area contributed by atoms with Crippen LogP contribution in [0.3, 0.4) is 0 Å². The van der Waals surface area contributed by atoms with Crippen LogP contribution in [0.15, 0.2) is 30.3 Å². The number of carbonyl (C=O) groups excluding carboxylic acids is 1. The van der Waals surface area contributed by atoms with Gasteiger partial charge >= 0.3 is 0 Å². The van der Waals surface area contributed by atoms with E-state index < -0.39 is 0 Å². The molecule has 27 heavy (non-hydrogen) atoms. The summed E-state index contributed by atoms with van der Waals surface area (Å²) in [4.78, 5) is 22.4. The molecule has 1 amide bonds. The smallest absolute Gasteiger partial charge is 0.274 e. The molecule has 4 rings (SSSR count). The van der Waals surface area contributed by atoms with Gasteiger partial charge in [-0.15, -0.1) is 0 Å². The van der Waals surface area contributed by atoms with E-state index in [0.29, 0.717) is 37.9 Å². The third kappa shape index (κ3) is 3.77. The summed E-state index contributed by atoms with van der Waals surface area (Å²) in [6.45, 7) is 10.6. The highest BCUT2D eigenvalue weighted by atomic mass is 16.5. The first-order valence-corrected chi connectivity index (χ1v) is 9.87. The number of imidazole rings is 1. The molecule has 2 aliphatic heterocycles. The number of amides is 1. The van der Waals surface area contributed by atoms with Crippen LogP contribution in [-0.4, -0.2) is 64.7 Å². The molecule has 0 bridgehead atoms. The molecule has 0 aliphatic carbocycles. The molecule has 6 heteroatoms. The summed E-state index contributed by atoms with van der Waals surface area (Å²) < 4.78 is 7.66. The van der Waals surface area contributed by atoms with E-state index in [1.54, 1.807) is 0 Å². The number of ether oxygens (including phenoxy) is 1. The molecule has 0 N–H and O–H groups in total. The van der Waals surface area contributed by atoms with Gasteiger partial charge in [0, 0.05) is 44.8 Å². The Bertz CT molecular complexity index is 794. The van der Waals surface area contributed by atoms with Crippen molar-refractivity contribution in [1.82, 2.24) is 19.4 Å². The number of morpholine rings is 1. The Morgan fingerprint density at radius 2 is 1.85 bits per heavy atom. The van der Waals surface area contributed by atoms with Crippen molar-refractivity contribution >= 4 is 5.91 Å². The number of fused-ring (bicyclic) bond motifs is 1. The van der Waals surface area contributed by atoms with Gasteiger partial charge in [-0.2, -0.15) is 0 Å². The van der Waals surface area contributed by atoms with Gasteiger partial charge in [-0.25, -0.2) is 4.98 Å². The third-order valence-electron chi connectivity index (χ3n) is 5.24. The maximum absolute atomic E-state index is 13.2. The third-order valence-corrected chi connectivity index (χ3v) is 5.24. The summed E-state index contributed by atoms with van der Waals surface area (Å²) in [5.74, 6) is 1.55. The lowest BCUT2D eigenvalue weighted by atomic mass is 10.1. The van der Waals surface area contributed by atoms with Crippen LogP contribution in [0.2, 0.25) is 0 Å². The molecule has 2 aromatic rings. The lowest BCUT2D eigenvalue weighted by Gasteiger charge is -2.31. The zero-order chi connectivity index (χ0) is 18.8. The van der Waals surface area contributed by atoms with Gasteiger partial charge in [0.2, 0.25) is 0 Å². The minimum absolute atomic E-state index is 0.0376. The highest BCUT2D eigenvalue weighted by Crippen LogP contribution is 2.27. The van der Waals surface area contributed by atoms with E-state index in [1.807, 2.05) is 23.1 Å². The van der Waals surface area contributed by atoms with Crippen molar-refractivity contribution in [3.05, 3.63) is 41.7 Å². The Morgan fingerprint density at radius 3 is 2.56 bits per heavy atom. The first-order valence-electron chi connectivity index (χ1n) is 9.87. The lowest BCUT2D eigenvalue weighted by Crippen LogP contribution is -2.42. The monoisotopic (exact) mass is 368 g/mol. The van der Waals surface area contributed by atoms with Crippen LogP contribution in [-0.2, 0) is 17.8 Å². The van der Waals surface area contributed by atoms with Crippen LogP contribution in [0.5, 0.6) is 0 Å². The van der Waals surface area contributed by atoms with E-state index in [9.17, 15) is 4.79 Å². The highest BCUT2D eigenvalue weighted by molar-refractivity contribution is 5.94. The molecule has 6 nitrogen and oxygen atoms in total. The molecule has 1 saturated heterocycles. The summed E-state index contributed by atoms with van der Waals surface area (Å²) in [6.07, 6.45) is 0. The number of aromatic nitrogens is 2. The molecular weight excluding hydrogens is 340 g/mol. The van der Waals surface area contributed by atoms with E-state index >= 15 is 0 Å². The maximum atomic E-state index is 13.2. The van der Waals surface area contributed by atoms with E-state index in [1.165, 1.54) is 0 Å². The van der Waals surface area contributed by atoms with Crippen molar-refractivity contribution < 1.29 is 9.53 Å². The number of benzene rings is 1. The molecule has 144 valence electrons. The van der Waals surface area contributed by atoms with Crippen LogP contribution in [0.1, 0.15) is 30.0 Å². The van der Waals surface area contributed by atoms with Crippen LogP contribution < -0.4 is 0 Å². The quantitative estimate of drug-likeness (QED) is 0.832. The van der Waals surface area contributed by atoms with Gasteiger partial charge < -0.3 is 14.2 Å². The maximum Gasteiger partial charge on any atom is 0.274 e. The molecule has 2 aliphatic rings. The van der Waals surface area contributed by atoms with Gasteiger partial charge in [-0.05, 0) is 5.92 Å². The van der Waals surface area contributed by atoms with Crippen molar-refractivity contribution in [3.63, 3.8) is 0 Å². The van der Waals surface area contributed by atoms with Crippen LogP contribution in [0, 0.1) is 5.92 Å². The molecule has 0 radical (unpaired) electrons. The largest absolute Gasteiger partial charge is 0.378 e. The number of hydrogen-bond acceptors (Lipinski definition) is 4. The van der Waals surface area contributed by atoms with Gasteiger partial charge in [0.15, 0.2) is 5.69 Å². The van der Waals surface area contributed by atoms with Crippen molar-refractivity contribution in [2.75, 3.05) is 39.4 Å². The Balaban J connectivity index is 1.71. The minimum atomic E-state index is 0.0376. The van der Waals surface area contributed by atoms with Crippen molar-refractivity contribution in [3.8, 4) is 11.4 Å². The van der Waals surface area contributed by atoms with Crippen LogP contribution in [0.4, 0.5) is 0 Å². The lowest BCUT2D eigenvalue weighted by molar-refractivity contribution is 0.0297. The van der Waals surface area contributed by atoms with Crippen molar-refractivity contribution in [2.45, 2.75) is 26.9 Å². The molecule has 1 fully saturated rings. The molecule has 0 atom stereocenters. The predicted octanol–water partition coefficient (Wildman–Crippen LogP) is 2.49. The van der Waals surface area contributed by atoms with Crippen molar-refractivity contribution in [2.24, 2.45) is 5.92 Å². The Labute approximate surface area is 160 Å². The SMILES string of the molecule is CC(C)CN1CCn2c(-c3ccccc3)nc(C(=O)N3CCOCC3)c2C1. The summed E-state index contributed by atoms with van der Waals surface area (Å²) in [6, 6.07) is 10.2. The fraction of sp³-hybridized carbons (Fsp3) is 0.524.